The molecule has 0 spiro atoms. The number of hydrogen-bond donors (Lipinski definition) is 2. The number of nitrogens with one attached hydrogen (secondary N) is 1. The van der Waals surface area contributed by atoms with E-state index in [1.807, 2.05) is 0 Å². The third-order valence-corrected chi connectivity index (χ3v) is 6.19. The van der Waals surface area contributed by atoms with Gasteiger partial charge in [-0.3, -0.25) is 4.79 Å². The van der Waals surface area contributed by atoms with Gasteiger partial charge in [0.1, 0.15) is 0 Å². The molecule has 3 aliphatic rings. The van der Waals surface area contributed by atoms with Crippen LogP contribution in [0.5, 0.6) is 0 Å². The molecule has 3 N–H and O–H groups in total. The van der Waals surface area contributed by atoms with Crippen LogP contribution in [0, 0.1) is 5.92 Å². The van der Waals surface area contributed by atoms with E-state index < -0.39 is 22.7 Å². The van der Waals surface area contributed by atoms with Crippen molar-refractivity contribution in [2.24, 2.45) is 11.7 Å². The first-order chi connectivity index (χ1) is 13.7. The number of piperidine rings is 2. The lowest BCUT2D eigenvalue weighted by atomic mass is 9.69. The van der Waals surface area contributed by atoms with Gasteiger partial charge in [0.05, 0.1) is 16.1 Å². The predicted molar refractivity (Wildman–Crippen MR) is 108 cm³/mol. The van der Waals surface area contributed by atoms with Crippen LogP contribution < -0.4 is 11.1 Å². The van der Waals surface area contributed by atoms with Crippen LogP contribution in [0.1, 0.15) is 47.2 Å². The van der Waals surface area contributed by atoms with Crippen molar-refractivity contribution in [3.05, 3.63) is 70.2 Å². The number of nitrogens with two attached hydrogens (primary N) is 1. The van der Waals surface area contributed by atoms with Gasteiger partial charge in [-0.25, -0.2) is 0 Å². The molecule has 0 radical (unpaired) electrons. The molecule has 2 aliphatic heterocycles. The van der Waals surface area contributed by atoms with Crippen LogP contribution in [0.4, 0.5) is 13.2 Å². The molecule has 3 fully saturated rings. The van der Waals surface area contributed by atoms with Gasteiger partial charge in [-0.2, -0.15) is 13.2 Å². The fourth-order valence-corrected chi connectivity index (χ4v) is 4.47. The highest BCUT2D eigenvalue weighted by Gasteiger charge is 2.39. The van der Waals surface area contributed by atoms with Crippen LogP contribution in [0.25, 0.3) is 0 Å². The molecule has 156 valence electrons. The largest absolute Gasteiger partial charge is 0.417 e. The molecule has 2 saturated heterocycles. The van der Waals surface area contributed by atoms with Gasteiger partial charge < -0.3 is 11.1 Å². The maximum absolute atomic E-state index is 12.3. The highest BCUT2D eigenvalue weighted by Crippen LogP contribution is 2.39. The zero-order valence-corrected chi connectivity index (χ0v) is 16.7. The van der Waals surface area contributed by atoms with Crippen LogP contribution in [0.15, 0.2) is 48.5 Å². The summed E-state index contributed by atoms with van der Waals surface area (Å²) in [6, 6.07) is 13.9. The van der Waals surface area contributed by atoms with Gasteiger partial charge in [-0.15, -0.1) is 0 Å². The second kappa shape index (κ2) is 8.76. The number of halogens is 4. The Balaban J connectivity index is 0.000000166. The summed E-state index contributed by atoms with van der Waals surface area (Å²) in [5, 5.41) is 3.12. The average molecular weight is 425 g/mol. The molecule has 1 aliphatic carbocycles. The molecule has 7 heteroatoms. The average Bonchev–Trinajstić information content (AvgIpc) is 2.69. The van der Waals surface area contributed by atoms with E-state index in [-0.39, 0.29) is 5.56 Å². The van der Waals surface area contributed by atoms with Crippen LogP contribution in [-0.2, 0) is 12.6 Å². The second-order valence-corrected chi connectivity index (χ2v) is 8.17. The molecule has 2 aromatic carbocycles. The Morgan fingerprint density at radius 1 is 1.10 bits per heavy atom. The fraction of sp³-hybridized carbons (Fsp3) is 0.409. The number of carbonyl (C=O) groups excluding carboxylic acids is 1. The molecule has 2 bridgehead atoms. The van der Waals surface area contributed by atoms with Crippen molar-refractivity contribution in [3.8, 4) is 0 Å². The van der Waals surface area contributed by atoms with Gasteiger partial charge in [0.15, 0.2) is 0 Å². The maximum Gasteiger partial charge on any atom is 0.417 e. The quantitative estimate of drug-likeness (QED) is 0.709. The number of amides is 1. The molecule has 1 amide bonds. The minimum atomic E-state index is -4.58. The van der Waals surface area contributed by atoms with E-state index in [0.717, 1.165) is 24.1 Å². The summed E-state index contributed by atoms with van der Waals surface area (Å²) < 4.78 is 36.8. The predicted octanol–water partition coefficient (Wildman–Crippen LogP) is 5.22. The van der Waals surface area contributed by atoms with Crippen molar-refractivity contribution < 1.29 is 18.0 Å². The summed E-state index contributed by atoms with van der Waals surface area (Å²) in [5.41, 5.74) is 5.38. The summed E-state index contributed by atoms with van der Waals surface area (Å²) in [6.07, 6.45) is 2.29. The minimum Gasteiger partial charge on any atom is -0.366 e. The summed E-state index contributed by atoms with van der Waals surface area (Å²) in [6.45, 7) is 1.26. The van der Waals surface area contributed by atoms with Crippen molar-refractivity contribution in [1.82, 2.24) is 5.32 Å². The Morgan fingerprint density at radius 3 is 2.28 bits per heavy atom. The summed E-state index contributed by atoms with van der Waals surface area (Å²) in [4.78, 5) is 10.7. The lowest BCUT2D eigenvalue weighted by molar-refractivity contribution is -0.137. The highest BCUT2D eigenvalue weighted by atomic mass is 35.5. The number of alkyl halides is 3. The van der Waals surface area contributed by atoms with Crippen molar-refractivity contribution in [2.75, 3.05) is 6.54 Å². The Bertz CT molecular complexity index is 833. The van der Waals surface area contributed by atoms with E-state index in [0.29, 0.717) is 5.54 Å². The normalized spacial score (nSPS) is 23.2. The number of benzene rings is 2. The molecule has 0 atom stereocenters. The Kier molecular flexibility index (Phi) is 6.54. The fourth-order valence-electron chi connectivity index (χ4n) is 4.14. The summed E-state index contributed by atoms with van der Waals surface area (Å²) >= 11 is 5.37. The molecular weight excluding hydrogens is 401 g/mol. The van der Waals surface area contributed by atoms with Gasteiger partial charge in [-0.1, -0.05) is 48.0 Å². The minimum absolute atomic E-state index is 0.332. The summed E-state index contributed by atoms with van der Waals surface area (Å²) in [7, 11) is 0. The molecule has 0 unspecified atom stereocenters. The number of primary amides is 1. The van der Waals surface area contributed by atoms with Gasteiger partial charge in [-0.05, 0) is 62.3 Å². The van der Waals surface area contributed by atoms with E-state index in [1.54, 1.807) is 0 Å². The Hall–Kier alpha value is -2.05. The van der Waals surface area contributed by atoms with E-state index in [2.05, 4.69) is 35.6 Å². The van der Waals surface area contributed by atoms with Crippen LogP contribution in [0.2, 0.25) is 5.02 Å². The molecule has 29 heavy (non-hydrogen) atoms. The van der Waals surface area contributed by atoms with Gasteiger partial charge in [0.2, 0.25) is 5.91 Å². The van der Waals surface area contributed by atoms with E-state index >= 15 is 0 Å². The highest BCUT2D eigenvalue weighted by molar-refractivity contribution is 6.34. The second-order valence-electron chi connectivity index (χ2n) is 7.80. The Labute approximate surface area is 173 Å². The first-order valence-corrected chi connectivity index (χ1v) is 10.0. The first kappa shape index (κ1) is 21.7. The standard InChI is InChI=1S/C14H19N.C8H5ClF3NO/c1-2-4-12(5-3-1)10-14-8-6-13(7-9-14)11-15-14;9-6-4(7(13)14)2-1-3-5(6)8(10,11)12/h1-5,13,15H,6-11H2;1-3H,(H2,13,14). The molecular formula is C22H24ClF3N2O. The molecule has 5 rings (SSSR count). The lowest BCUT2D eigenvalue weighted by Crippen LogP contribution is -2.56. The molecule has 0 aromatic heterocycles. The number of carbonyl (C=O) groups is 1. The molecule has 3 nitrogen and oxygen atoms in total. The van der Waals surface area contributed by atoms with Crippen molar-refractivity contribution in [2.45, 2.75) is 43.8 Å². The molecule has 1 saturated carbocycles. The van der Waals surface area contributed by atoms with E-state index in [4.69, 9.17) is 17.3 Å². The van der Waals surface area contributed by atoms with Crippen LogP contribution >= 0.6 is 11.6 Å². The first-order valence-electron chi connectivity index (χ1n) is 9.65. The molecule has 2 aromatic rings. The smallest absolute Gasteiger partial charge is 0.366 e. The van der Waals surface area contributed by atoms with Crippen molar-refractivity contribution >= 4 is 17.5 Å². The monoisotopic (exact) mass is 424 g/mol. The van der Waals surface area contributed by atoms with E-state index in [9.17, 15) is 18.0 Å². The SMILES string of the molecule is NC(=O)c1cccc(C(F)(F)F)c1Cl.c1ccc(CC23CCC(CC2)CN3)cc1. The zero-order valence-electron chi connectivity index (χ0n) is 15.9. The van der Waals surface area contributed by atoms with Crippen LogP contribution in [-0.4, -0.2) is 18.0 Å². The number of fused-ring (bicyclic) bond motifs is 3. The van der Waals surface area contributed by atoms with Gasteiger partial charge in [0, 0.05) is 5.54 Å². The maximum atomic E-state index is 12.3. The van der Waals surface area contributed by atoms with Gasteiger partial charge in [0.25, 0.3) is 0 Å². The summed E-state index contributed by atoms with van der Waals surface area (Å²) in [5.74, 6) is -0.0104. The van der Waals surface area contributed by atoms with E-state index in [1.165, 1.54) is 44.2 Å². The molecule has 2 heterocycles. The van der Waals surface area contributed by atoms with Crippen molar-refractivity contribution in [1.29, 1.82) is 0 Å². The number of hydrogen-bond acceptors (Lipinski definition) is 2. The van der Waals surface area contributed by atoms with Crippen LogP contribution in [0.3, 0.4) is 0 Å². The zero-order chi connectivity index (χ0) is 21.1. The Morgan fingerprint density at radius 2 is 1.76 bits per heavy atom. The van der Waals surface area contributed by atoms with Crippen molar-refractivity contribution in [3.63, 3.8) is 0 Å². The lowest BCUT2D eigenvalue weighted by Gasteiger charge is -2.47. The van der Waals surface area contributed by atoms with Gasteiger partial charge >= 0.3 is 6.18 Å². The third-order valence-electron chi connectivity index (χ3n) is 5.78. The number of rotatable bonds is 3. The third kappa shape index (κ3) is 5.31. The topological polar surface area (TPSA) is 55.1 Å².